The molecule has 0 saturated heterocycles. The van der Waals surface area contributed by atoms with Crippen molar-refractivity contribution in [2.24, 2.45) is 4.99 Å². The van der Waals surface area contributed by atoms with Gasteiger partial charge < -0.3 is 10.2 Å². The van der Waals surface area contributed by atoms with E-state index in [0.717, 1.165) is 19.0 Å². The molecule has 0 aliphatic rings. The molecule has 1 aromatic carbocycles. The maximum absolute atomic E-state index is 4.61. The largest absolute Gasteiger partial charge is 0.354 e. The van der Waals surface area contributed by atoms with Crippen molar-refractivity contribution >= 4 is 29.9 Å². The van der Waals surface area contributed by atoms with E-state index in [-0.39, 0.29) is 24.0 Å². The molecule has 5 nitrogen and oxygen atoms in total. The molecule has 0 radical (unpaired) electrons. The summed E-state index contributed by atoms with van der Waals surface area (Å²) in [6.45, 7) is 2.31. The molecule has 2 rings (SSSR count). The molecular weight excluding hydrogens is 377 g/mol. The van der Waals surface area contributed by atoms with Gasteiger partial charge in [-0.05, 0) is 11.6 Å². The monoisotopic (exact) mass is 399 g/mol. The molecule has 21 heavy (non-hydrogen) atoms. The third kappa shape index (κ3) is 6.16. The lowest BCUT2D eigenvalue weighted by atomic mass is 10.2. The summed E-state index contributed by atoms with van der Waals surface area (Å²) in [5.41, 5.74) is 1.21. The SMILES string of the molecule is CN(C)C(=NCc1ccccc1)NCCn1cccn1.I. The van der Waals surface area contributed by atoms with Gasteiger partial charge in [-0.1, -0.05) is 30.3 Å². The molecule has 0 aliphatic heterocycles. The number of halogens is 1. The van der Waals surface area contributed by atoms with E-state index in [2.05, 4.69) is 27.5 Å². The summed E-state index contributed by atoms with van der Waals surface area (Å²) in [5.74, 6) is 0.890. The van der Waals surface area contributed by atoms with Gasteiger partial charge in [0.15, 0.2) is 5.96 Å². The molecule has 0 amide bonds. The Morgan fingerprint density at radius 3 is 2.62 bits per heavy atom. The minimum atomic E-state index is 0. The van der Waals surface area contributed by atoms with E-state index in [0.29, 0.717) is 6.54 Å². The van der Waals surface area contributed by atoms with Gasteiger partial charge in [-0.25, -0.2) is 4.99 Å². The minimum Gasteiger partial charge on any atom is -0.354 e. The Hall–Kier alpha value is -1.57. The Morgan fingerprint density at radius 1 is 1.24 bits per heavy atom. The zero-order valence-corrected chi connectivity index (χ0v) is 14.8. The molecule has 0 fully saturated rings. The lowest BCUT2D eigenvalue weighted by Crippen LogP contribution is -2.38. The molecule has 0 atom stereocenters. The maximum atomic E-state index is 4.61. The van der Waals surface area contributed by atoms with Crippen LogP contribution in [0.1, 0.15) is 5.56 Å². The predicted molar refractivity (Wildman–Crippen MR) is 96.9 cm³/mol. The van der Waals surface area contributed by atoms with Gasteiger partial charge in [-0.3, -0.25) is 4.68 Å². The molecule has 2 aromatic rings. The second-order valence-electron chi connectivity index (χ2n) is 4.72. The van der Waals surface area contributed by atoms with E-state index in [1.165, 1.54) is 5.56 Å². The number of benzene rings is 1. The van der Waals surface area contributed by atoms with Crippen molar-refractivity contribution in [3.8, 4) is 0 Å². The van der Waals surface area contributed by atoms with Crippen LogP contribution in [0.5, 0.6) is 0 Å². The van der Waals surface area contributed by atoms with Crippen molar-refractivity contribution in [2.75, 3.05) is 20.6 Å². The van der Waals surface area contributed by atoms with Crippen LogP contribution < -0.4 is 5.32 Å². The molecule has 1 heterocycles. The average molecular weight is 399 g/mol. The average Bonchev–Trinajstić information content (AvgIpc) is 2.96. The molecule has 1 N–H and O–H groups in total. The van der Waals surface area contributed by atoms with Gasteiger partial charge in [0.1, 0.15) is 0 Å². The van der Waals surface area contributed by atoms with E-state index in [4.69, 9.17) is 0 Å². The number of hydrogen-bond acceptors (Lipinski definition) is 2. The predicted octanol–water partition coefficient (Wildman–Crippen LogP) is 2.21. The molecule has 114 valence electrons. The number of hydrogen-bond donors (Lipinski definition) is 1. The Balaban J connectivity index is 0.00000220. The second-order valence-corrected chi connectivity index (χ2v) is 4.72. The van der Waals surface area contributed by atoms with Crippen LogP contribution in [-0.4, -0.2) is 41.3 Å². The van der Waals surface area contributed by atoms with E-state index in [1.807, 2.05) is 54.1 Å². The van der Waals surface area contributed by atoms with Crippen LogP contribution in [0, 0.1) is 0 Å². The molecule has 0 aliphatic carbocycles. The maximum Gasteiger partial charge on any atom is 0.193 e. The number of aromatic nitrogens is 2. The third-order valence-corrected chi connectivity index (χ3v) is 2.86. The van der Waals surface area contributed by atoms with Crippen LogP contribution >= 0.6 is 24.0 Å². The fraction of sp³-hybridized carbons (Fsp3) is 0.333. The summed E-state index contributed by atoms with van der Waals surface area (Å²) in [7, 11) is 3.98. The van der Waals surface area contributed by atoms with Gasteiger partial charge in [-0.15, -0.1) is 24.0 Å². The zero-order valence-electron chi connectivity index (χ0n) is 12.4. The van der Waals surface area contributed by atoms with Crippen LogP contribution in [-0.2, 0) is 13.1 Å². The first-order chi connectivity index (χ1) is 9.75. The highest BCUT2D eigenvalue weighted by atomic mass is 127. The highest BCUT2D eigenvalue weighted by Crippen LogP contribution is 2.00. The zero-order chi connectivity index (χ0) is 14.2. The van der Waals surface area contributed by atoms with E-state index < -0.39 is 0 Å². The van der Waals surface area contributed by atoms with Crippen LogP contribution in [0.15, 0.2) is 53.8 Å². The number of rotatable bonds is 5. The number of nitrogens with zero attached hydrogens (tertiary/aromatic N) is 4. The number of nitrogens with one attached hydrogen (secondary N) is 1. The van der Waals surface area contributed by atoms with Gasteiger partial charge in [-0.2, -0.15) is 5.10 Å². The van der Waals surface area contributed by atoms with Crippen molar-refractivity contribution < 1.29 is 0 Å². The smallest absolute Gasteiger partial charge is 0.193 e. The minimum absolute atomic E-state index is 0. The van der Waals surface area contributed by atoms with Gasteiger partial charge in [0, 0.05) is 33.0 Å². The summed E-state index contributed by atoms with van der Waals surface area (Å²) in [5, 5.41) is 7.52. The van der Waals surface area contributed by atoms with Gasteiger partial charge >= 0.3 is 0 Å². The normalized spacial score (nSPS) is 10.9. The van der Waals surface area contributed by atoms with E-state index in [9.17, 15) is 0 Å². The van der Waals surface area contributed by atoms with Crippen LogP contribution in [0.2, 0.25) is 0 Å². The van der Waals surface area contributed by atoms with Crippen molar-refractivity contribution in [3.63, 3.8) is 0 Å². The summed E-state index contributed by atoms with van der Waals surface area (Å²) in [6.07, 6.45) is 3.74. The third-order valence-electron chi connectivity index (χ3n) is 2.86. The van der Waals surface area contributed by atoms with Crippen LogP contribution in [0.3, 0.4) is 0 Å². The van der Waals surface area contributed by atoms with Gasteiger partial charge in [0.2, 0.25) is 0 Å². The van der Waals surface area contributed by atoms with E-state index >= 15 is 0 Å². The molecule has 0 bridgehead atoms. The lowest BCUT2D eigenvalue weighted by Gasteiger charge is -2.17. The Kier molecular flexibility index (Phi) is 7.81. The van der Waals surface area contributed by atoms with Crippen LogP contribution in [0.25, 0.3) is 0 Å². The van der Waals surface area contributed by atoms with Crippen molar-refractivity contribution in [1.82, 2.24) is 20.0 Å². The topological polar surface area (TPSA) is 45.5 Å². The first kappa shape index (κ1) is 17.5. The number of aliphatic imine (C=N–C) groups is 1. The summed E-state index contributed by atoms with van der Waals surface area (Å²) >= 11 is 0. The quantitative estimate of drug-likeness (QED) is 0.477. The van der Waals surface area contributed by atoms with Gasteiger partial charge in [0.05, 0.1) is 13.1 Å². The van der Waals surface area contributed by atoms with Crippen molar-refractivity contribution in [1.29, 1.82) is 0 Å². The first-order valence-corrected chi connectivity index (χ1v) is 6.72. The molecular formula is C15H22IN5. The highest BCUT2D eigenvalue weighted by Gasteiger charge is 2.01. The fourth-order valence-electron chi connectivity index (χ4n) is 1.82. The number of guanidine groups is 1. The molecule has 1 aromatic heterocycles. The Morgan fingerprint density at radius 2 is 2.00 bits per heavy atom. The Bertz CT molecular complexity index is 522. The lowest BCUT2D eigenvalue weighted by molar-refractivity contribution is 0.548. The molecule has 0 saturated carbocycles. The van der Waals surface area contributed by atoms with E-state index in [1.54, 1.807) is 6.20 Å². The first-order valence-electron chi connectivity index (χ1n) is 6.72. The standard InChI is InChI=1S/C15H21N5.HI/c1-19(2)15(16-10-12-20-11-6-9-18-20)17-13-14-7-4-3-5-8-14;/h3-9,11H,10,12-13H2,1-2H3,(H,16,17);1H. The molecule has 0 unspecified atom stereocenters. The fourth-order valence-corrected chi connectivity index (χ4v) is 1.82. The van der Waals surface area contributed by atoms with Crippen LogP contribution in [0.4, 0.5) is 0 Å². The van der Waals surface area contributed by atoms with Crippen molar-refractivity contribution in [3.05, 3.63) is 54.4 Å². The second kappa shape index (κ2) is 9.38. The summed E-state index contributed by atoms with van der Waals surface area (Å²) in [6, 6.07) is 12.2. The van der Waals surface area contributed by atoms with Crippen molar-refractivity contribution in [2.45, 2.75) is 13.1 Å². The molecule has 0 spiro atoms. The Labute approximate surface area is 143 Å². The molecule has 6 heteroatoms. The van der Waals surface area contributed by atoms with Gasteiger partial charge in [0.25, 0.3) is 0 Å². The summed E-state index contributed by atoms with van der Waals surface area (Å²) < 4.78 is 1.90. The highest BCUT2D eigenvalue weighted by molar-refractivity contribution is 14.0. The summed E-state index contributed by atoms with van der Waals surface area (Å²) in [4.78, 5) is 6.61.